The van der Waals surface area contributed by atoms with Crippen LogP contribution in [0.15, 0.2) is 29.4 Å². The van der Waals surface area contributed by atoms with Gasteiger partial charge in [-0.15, -0.1) is 0 Å². The number of hydrogen-bond acceptors (Lipinski definition) is 2. The van der Waals surface area contributed by atoms with Gasteiger partial charge in [-0.25, -0.2) is 0 Å². The zero-order valence-electron chi connectivity index (χ0n) is 9.27. The Morgan fingerprint density at radius 1 is 1.41 bits per heavy atom. The number of rotatable bonds is 6. The molecule has 1 N–H and O–H groups in total. The van der Waals surface area contributed by atoms with E-state index in [1.54, 1.807) is 12.1 Å². The molecule has 1 aromatic rings. The molecule has 0 aliphatic carbocycles. The molecular formula is C11H13ClN4O. The number of carbonyl (C=O) groups excluding carboxylic acids is 1. The van der Waals surface area contributed by atoms with Crippen molar-refractivity contribution in [2.75, 3.05) is 13.1 Å². The number of halogens is 1. The molecule has 1 rings (SSSR count). The quantitative estimate of drug-likeness (QED) is 0.359. The molecule has 0 unspecified atom stereocenters. The van der Waals surface area contributed by atoms with Crippen LogP contribution in [0.1, 0.15) is 12.0 Å². The Labute approximate surface area is 104 Å². The molecule has 0 saturated heterocycles. The molecule has 0 spiro atoms. The molecule has 0 aliphatic heterocycles. The summed E-state index contributed by atoms with van der Waals surface area (Å²) in [7, 11) is 0. The molecule has 0 heterocycles. The van der Waals surface area contributed by atoms with Crippen molar-refractivity contribution in [2.45, 2.75) is 12.8 Å². The molecule has 0 radical (unpaired) electrons. The van der Waals surface area contributed by atoms with Gasteiger partial charge >= 0.3 is 0 Å². The molecule has 5 nitrogen and oxygen atoms in total. The molecule has 17 heavy (non-hydrogen) atoms. The molecule has 6 heteroatoms. The van der Waals surface area contributed by atoms with E-state index in [0.29, 0.717) is 31.0 Å². The summed E-state index contributed by atoms with van der Waals surface area (Å²) in [5, 5.41) is 6.78. The summed E-state index contributed by atoms with van der Waals surface area (Å²) >= 11 is 5.74. The highest BCUT2D eigenvalue weighted by atomic mass is 35.5. The summed E-state index contributed by atoms with van der Waals surface area (Å²) in [5.74, 6) is -0.0479. The lowest BCUT2D eigenvalue weighted by Gasteiger charge is -2.04. The zero-order valence-corrected chi connectivity index (χ0v) is 10.0. The molecular weight excluding hydrogens is 240 g/mol. The van der Waals surface area contributed by atoms with Gasteiger partial charge in [0.2, 0.25) is 5.91 Å². The first-order valence-corrected chi connectivity index (χ1v) is 5.62. The third-order valence-corrected chi connectivity index (χ3v) is 2.35. The lowest BCUT2D eigenvalue weighted by Crippen LogP contribution is -2.26. The van der Waals surface area contributed by atoms with Crippen molar-refractivity contribution in [3.05, 3.63) is 45.3 Å². The Hall–Kier alpha value is -1.71. The van der Waals surface area contributed by atoms with Gasteiger partial charge in [-0.05, 0) is 29.6 Å². The zero-order chi connectivity index (χ0) is 12.5. The minimum absolute atomic E-state index is 0.0479. The maximum absolute atomic E-state index is 11.5. The van der Waals surface area contributed by atoms with E-state index in [9.17, 15) is 4.79 Å². The second-order valence-electron chi connectivity index (χ2n) is 3.46. The van der Waals surface area contributed by atoms with Crippen LogP contribution in [-0.2, 0) is 11.2 Å². The molecule has 0 aromatic heterocycles. The van der Waals surface area contributed by atoms with Gasteiger partial charge in [0.25, 0.3) is 0 Å². The van der Waals surface area contributed by atoms with Crippen LogP contribution in [0.5, 0.6) is 0 Å². The molecule has 1 aromatic carbocycles. The van der Waals surface area contributed by atoms with Gasteiger partial charge in [0.05, 0.1) is 6.42 Å². The Morgan fingerprint density at radius 2 is 2.12 bits per heavy atom. The van der Waals surface area contributed by atoms with Crippen molar-refractivity contribution >= 4 is 17.5 Å². The van der Waals surface area contributed by atoms with Crippen LogP contribution < -0.4 is 5.32 Å². The highest BCUT2D eigenvalue weighted by molar-refractivity contribution is 6.30. The van der Waals surface area contributed by atoms with Crippen molar-refractivity contribution in [3.63, 3.8) is 0 Å². The highest BCUT2D eigenvalue weighted by Gasteiger charge is 2.02. The first-order valence-electron chi connectivity index (χ1n) is 5.24. The molecule has 0 saturated carbocycles. The minimum Gasteiger partial charge on any atom is -0.356 e. The number of hydrogen-bond donors (Lipinski definition) is 1. The van der Waals surface area contributed by atoms with Crippen molar-refractivity contribution in [1.29, 1.82) is 0 Å². The van der Waals surface area contributed by atoms with Crippen LogP contribution in [0, 0.1) is 0 Å². The average molecular weight is 253 g/mol. The van der Waals surface area contributed by atoms with E-state index in [-0.39, 0.29) is 5.91 Å². The Morgan fingerprint density at radius 3 is 2.76 bits per heavy atom. The van der Waals surface area contributed by atoms with Gasteiger partial charge in [0.15, 0.2) is 0 Å². The van der Waals surface area contributed by atoms with E-state index in [1.807, 2.05) is 12.1 Å². The number of benzene rings is 1. The number of azide groups is 1. The summed E-state index contributed by atoms with van der Waals surface area (Å²) in [6.07, 6.45) is 0.981. The van der Waals surface area contributed by atoms with Crippen LogP contribution in [0.2, 0.25) is 5.02 Å². The Bertz CT molecular complexity index is 412. The van der Waals surface area contributed by atoms with E-state index in [4.69, 9.17) is 17.1 Å². The number of nitrogens with zero attached hydrogens (tertiary/aromatic N) is 3. The fourth-order valence-electron chi connectivity index (χ4n) is 1.27. The van der Waals surface area contributed by atoms with E-state index in [2.05, 4.69) is 15.3 Å². The SMILES string of the molecule is [N-]=[N+]=NCCCNC(=O)Cc1ccc(Cl)cc1. The van der Waals surface area contributed by atoms with Crippen molar-refractivity contribution in [1.82, 2.24) is 5.32 Å². The van der Waals surface area contributed by atoms with Crippen LogP contribution in [0.3, 0.4) is 0 Å². The molecule has 0 fully saturated rings. The van der Waals surface area contributed by atoms with Gasteiger partial charge in [-0.2, -0.15) is 0 Å². The molecule has 0 aliphatic rings. The van der Waals surface area contributed by atoms with Gasteiger partial charge < -0.3 is 5.32 Å². The number of amides is 1. The smallest absolute Gasteiger partial charge is 0.224 e. The van der Waals surface area contributed by atoms with Crippen LogP contribution in [0.25, 0.3) is 10.4 Å². The summed E-state index contributed by atoms with van der Waals surface area (Å²) in [6.45, 7) is 0.920. The lowest BCUT2D eigenvalue weighted by molar-refractivity contribution is -0.120. The standard InChI is InChI=1S/C11H13ClN4O/c12-10-4-2-9(3-5-10)8-11(17)14-6-1-7-15-16-13/h2-5H,1,6-8H2,(H,14,17). The fraction of sp³-hybridized carbons (Fsp3) is 0.364. The maximum atomic E-state index is 11.5. The predicted molar refractivity (Wildman–Crippen MR) is 66.8 cm³/mol. The van der Waals surface area contributed by atoms with E-state index < -0.39 is 0 Å². The van der Waals surface area contributed by atoms with Crippen LogP contribution >= 0.6 is 11.6 Å². The lowest BCUT2D eigenvalue weighted by atomic mass is 10.1. The van der Waals surface area contributed by atoms with Crippen molar-refractivity contribution in [2.24, 2.45) is 5.11 Å². The van der Waals surface area contributed by atoms with Gasteiger partial charge in [0.1, 0.15) is 0 Å². The second kappa shape index (κ2) is 7.54. The second-order valence-corrected chi connectivity index (χ2v) is 3.90. The van der Waals surface area contributed by atoms with E-state index in [0.717, 1.165) is 5.56 Å². The number of nitrogens with one attached hydrogen (secondary N) is 1. The van der Waals surface area contributed by atoms with Crippen molar-refractivity contribution in [3.8, 4) is 0 Å². The molecule has 90 valence electrons. The molecule has 0 atom stereocenters. The van der Waals surface area contributed by atoms with Crippen LogP contribution in [-0.4, -0.2) is 19.0 Å². The monoisotopic (exact) mass is 252 g/mol. The average Bonchev–Trinajstić information content (AvgIpc) is 2.32. The maximum Gasteiger partial charge on any atom is 0.224 e. The van der Waals surface area contributed by atoms with E-state index in [1.165, 1.54) is 0 Å². The van der Waals surface area contributed by atoms with Crippen LogP contribution in [0.4, 0.5) is 0 Å². The van der Waals surface area contributed by atoms with Gasteiger partial charge in [-0.1, -0.05) is 28.8 Å². The van der Waals surface area contributed by atoms with E-state index >= 15 is 0 Å². The van der Waals surface area contributed by atoms with Gasteiger partial charge in [-0.3, -0.25) is 4.79 Å². The summed E-state index contributed by atoms with van der Waals surface area (Å²) < 4.78 is 0. The summed E-state index contributed by atoms with van der Waals surface area (Å²) in [5.41, 5.74) is 8.97. The first-order chi connectivity index (χ1) is 8.22. The molecule has 0 bridgehead atoms. The molecule has 1 amide bonds. The topological polar surface area (TPSA) is 77.9 Å². The normalized spacial score (nSPS) is 9.47. The minimum atomic E-state index is -0.0479. The van der Waals surface area contributed by atoms with Crippen molar-refractivity contribution < 1.29 is 4.79 Å². The Balaban J connectivity index is 2.25. The van der Waals surface area contributed by atoms with Gasteiger partial charge in [0, 0.05) is 23.0 Å². The summed E-state index contributed by atoms with van der Waals surface area (Å²) in [6, 6.07) is 7.15. The summed E-state index contributed by atoms with van der Waals surface area (Å²) in [4.78, 5) is 14.1. The number of carbonyl (C=O) groups is 1. The predicted octanol–water partition coefficient (Wildman–Crippen LogP) is 2.70. The third kappa shape index (κ3) is 5.80. The first kappa shape index (κ1) is 13.4. The third-order valence-electron chi connectivity index (χ3n) is 2.10. The largest absolute Gasteiger partial charge is 0.356 e. The highest BCUT2D eigenvalue weighted by Crippen LogP contribution is 2.09. The fourth-order valence-corrected chi connectivity index (χ4v) is 1.40. The Kier molecular flexibility index (Phi) is 5.93.